The maximum absolute atomic E-state index is 11.4. The summed E-state index contributed by atoms with van der Waals surface area (Å²) in [5, 5.41) is 13.6. The van der Waals surface area contributed by atoms with Crippen LogP contribution < -0.4 is 16.4 Å². The van der Waals surface area contributed by atoms with Gasteiger partial charge >= 0.3 is 12.0 Å². The van der Waals surface area contributed by atoms with E-state index in [1.54, 1.807) is 6.08 Å². The van der Waals surface area contributed by atoms with Crippen LogP contribution in [0.2, 0.25) is 0 Å². The van der Waals surface area contributed by atoms with Gasteiger partial charge in [0.2, 0.25) is 5.91 Å². The highest BCUT2D eigenvalue weighted by atomic mass is 16.4. The van der Waals surface area contributed by atoms with Crippen molar-refractivity contribution in [3.63, 3.8) is 0 Å². The molecule has 0 aromatic carbocycles. The van der Waals surface area contributed by atoms with E-state index in [1.165, 1.54) is 13.0 Å². The van der Waals surface area contributed by atoms with Gasteiger partial charge in [-0.3, -0.25) is 9.59 Å². The quantitative estimate of drug-likeness (QED) is 0.481. The average molecular weight is 241 g/mol. The first kappa shape index (κ1) is 13.0. The molecule has 7 heteroatoms. The first-order chi connectivity index (χ1) is 7.90. The highest BCUT2D eigenvalue weighted by Crippen LogP contribution is 2.17. The van der Waals surface area contributed by atoms with E-state index in [0.29, 0.717) is 6.42 Å². The first-order valence-corrected chi connectivity index (χ1v) is 5.17. The third-order valence-electron chi connectivity index (χ3n) is 2.49. The van der Waals surface area contributed by atoms with Crippen molar-refractivity contribution in [2.45, 2.75) is 25.4 Å². The van der Waals surface area contributed by atoms with Crippen molar-refractivity contribution in [3.8, 4) is 0 Å². The molecular formula is C10H15N3O4. The van der Waals surface area contributed by atoms with Crippen molar-refractivity contribution in [3.05, 3.63) is 12.2 Å². The molecule has 0 aliphatic heterocycles. The predicted octanol–water partition coefficient (Wildman–Crippen LogP) is -0.811. The molecular weight excluding hydrogens is 226 g/mol. The van der Waals surface area contributed by atoms with Crippen LogP contribution in [0.25, 0.3) is 0 Å². The SMILES string of the molecule is CC(NC(=O)NC1C=CC(C(=O)O)C1)C(N)=O. The van der Waals surface area contributed by atoms with Crippen LogP contribution in [-0.4, -0.2) is 35.1 Å². The molecule has 3 amide bonds. The summed E-state index contributed by atoms with van der Waals surface area (Å²) in [6, 6.07) is -1.65. The second kappa shape index (κ2) is 5.33. The van der Waals surface area contributed by atoms with Crippen LogP contribution in [0.1, 0.15) is 13.3 Å². The lowest BCUT2D eigenvalue weighted by molar-refractivity contribution is -0.140. The summed E-state index contributed by atoms with van der Waals surface area (Å²) in [4.78, 5) is 32.7. The highest BCUT2D eigenvalue weighted by molar-refractivity contribution is 5.85. The Hall–Kier alpha value is -2.05. The van der Waals surface area contributed by atoms with E-state index < -0.39 is 29.9 Å². The van der Waals surface area contributed by atoms with E-state index in [2.05, 4.69) is 10.6 Å². The lowest BCUT2D eigenvalue weighted by Gasteiger charge is -2.15. The number of urea groups is 1. The summed E-state index contributed by atoms with van der Waals surface area (Å²) < 4.78 is 0. The zero-order valence-electron chi connectivity index (χ0n) is 9.34. The minimum absolute atomic E-state index is 0.313. The van der Waals surface area contributed by atoms with Gasteiger partial charge in [0, 0.05) is 0 Å². The van der Waals surface area contributed by atoms with Gasteiger partial charge in [-0.2, -0.15) is 0 Å². The number of hydrogen-bond donors (Lipinski definition) is 4. The normalized spacial score (nSPS) is 24.1. The second-order valence-electron chi connectivity index (χ2n) is 3.91. The molecule has 17 heavy (non-hydrogen) atoms. The van der Waals surface area contributed by atoms with E-state index in [-0.39, 0.29) is 6.04 Å². The summed E-state index contributed by atoms with van der Waals surface area (Å²) in [5.74, 6) is -2.13. The topological polar surface area (TPSA) is 122 Å². The van der Waals surface area contributed by atoms with Gasteiger partial charge in [-0.1, -0.05) is 12.2 Å². The van der Waals surface area contributed by atoms with E-state index >= 15 is 0 Å². The molecule has 0 aromatic rings. The number of amides is 3. The van der Waals surface area contributed by atoms with Crippen LogP contribution in [0.4, 0.5) is 4.79 Å². The number of primary amides is 1. The molecule has 1 rings (SSSR count). The molecule has 0 fully saturated rings. The van der Waals surface area contributed by atoms with Gasteiger partial charge in [-0.25, -0.2) is 4.79 Å². The fourth-order valence-electron chi connectivity index (χ4n) is 1.47. The van der Waals surface area contributed by atoms with Crippen LogP contribution in [0.5, 0.6) is 0 Å². The predicted molar refractivity (Wildman–Crippen MR) is 59.0 cm³/mol. The summed E-state index contributed by atoms with van der Waals surface area (Å²) in [6.07, 6.45) is 3.46. The molecule has 0 spiro atoms. The Kier molecular flexibility index (Phi) is 4.08. The molecule has 3 atom stereocenters. The Bertz CT molecular complexity index is 367. The molecule has 94 valence electrons. The molecule has 0 heterocycles. The number of nitrogens with one attached hydrogen (secondary N) is 2. The lowest BCUT2D eigenvalue weighted by Crippen LogP contribution is -2.49. The number of carbonyl (C=O) groups excluding carboxylic acids is 2. The Morgan fingerprint density at radius 1 is 1.41 bits per heavy atom. The molecule has 0 aromatic heterocycles. The summed E-state index contributed by atoms with van der Waals surface area (Å²) in [6.45, 7) is 1.46. The molecule has 3 unspecified atom stereocenters. The van der Waals surface area contributed by atoms with Crippen LogP contribution in [0, 0.1) is 5.92 Å². The largest absolute Gasteiger partial charge is 0.481 e. The van der Waals surface area contributed by atoms with Crippen molar-refractivity contribution in [1.29, 1.82) is 0 Å². The van der Waals surface area contributed by atoms with Crippen molar-refractivity contribution in [2.75, 3.05) is 0 Å². The molecule has 1 aliphatic rings. The Morgan fingerprint density at radius 3 is 2.53 bits per heavy atom. The van der Waals surface area contributed by atoms with Crippen LogP contribution in [-0.2, 0) is 9.59 Å². The Morgan fingerprint density at radius 2 is 2.06 bits per heavy atom. The first-order valence-electron chi connectivity index (χ1n) is 5.17. The minimum atomic E-state index is -0.920. The van der Waals surface area contributed by atoms with Crippen LogP contribution in [0.15, 0.2) is 12.2 Å². The van der Waals surface area contributed by atoms with Crippen molar-refractivity contribution < 1.29 is 19.5 Å². The number of rotatable bonds is 4. The maximum atomic E-state index is 11.4. The number of nitrogens with two attached hydrogens (primary N) is 1. The Labute approximate surface area is 98.0 Å². The number of hydrogen-bond acceptors (Lipinski definition) is 3. The Balaban J connectivity index is 2.37. The van der Waals surface area contributed by atoms with Gasteiger partial charge in [0.25, 0.3) is 0 Å². The average Bonchev–Trinajstić information content (AvgIpc) is 2.65. The molecule has 0 radical (unpaired) electrons. The van der Waals surface area contributed by atoms with Crippen molar-refractivity contribution in [2.24, 2.45) is 11.7 Å². The van der Waals surface area contributed by atoms with Crippen LogP contribution in [0.3, 0.4) is 0 Å². The van der Waals surface area contributed by atoms with Crippen molar-refractivity contribution >= 4 is 17.9 Å². The van der Waals surface area contributed by atoms with Crippen LogP contribution >= 0.6 is 0 Å². The van der Waals surface area contributed by atoms with Gasteiger partial charge in [0.05, 0.1) is 12.0 Å². The van der Waals surface area contributed by atoms with Gasteiger partial charge < -0.3 is 21.5 Å². The molecule has 7 nitrogen and oxygen atoms in total. The van der Waals surface area contributed by atoms with E-state index in [9.17, 15) is 14.4 Å². The molecule has 0 saturated heterocycles. The molecule has 5 N–H and O–H groups in total. The fourth-order valence-corrected chi connectivity index (χ4v) is 1.47. The van der Waals surface area contributed by atoms with Gasteiger partial charge in [0.1, 0.15) is 6.04 Å². The second-order valence-corrected chi connectivity index (χ2v) is 3.91. The monoisotopic (exact) mass is 241 g/mol. The van der Waals surface area contributed by atoms with Gasteiger partial charge in [-0.05, 0) is 13.3 Å². The molecule has 0 saturated carbocycles. The number of carboxylic acids is 1. The van der Waals surface area contributed by atoms with E-state index in [1.807, 2.05) is 0 Å². The number of carboxylic acid groups (broad SMARTS) is 1. The number of carbonyl (C=O) groups is 3. The standard InChI is InChI=1S/C10H15N3O4/c1-5(8(11)14)12-10(17)13-7-3-2-6(4-7)9(15)16/h2-3,5-7H,4H2,1H3,(H2,11,14)(H,15,16)(H2,12,13,17). The summed E-state index contributed by atoms with van der Waals surface area (Å²) >= 11 is 0. The summed E-state index contributed by atoms with van der Waals surface area (Å²) in [7, 11) is 0. The molecule has 1 aliphatic carbocycles. The highest BCUT2D eigenvalue weighted by Gasteiger charge is 2.25. The molecule has 0 bridgehead atoms. The lowest BCUT2D eigenvalue weighted by atomic mass is 10.1. The summed E-state index contributed by atoms with van der Waals surface area (Å²) in [5.41, 5.74) is 4.98. The number of aliphatic carboxylic acids is 1. The van der Waals surface area contributed by atoms with Gasteiger partial charge in [-0.15, -0.1) is 0 Å². The van der Waals surface area contributed by atoms with Crippen molar-refractivity contribution in [1.82, 2.24) is 10.6 Å². The van der Waals surface area contributed by atoms with E-state index in [0.717, 1.165) is 0 Å². The zero-order valence-corrected chi connectivity index (χ0v) is 9.34. The van der Waals surface area contributed by atoms with Gasteiger partial charge in [0.15, 0.2) is 0 Å². The smallest absolute Gasteiger partial charge is 0.315 e. The minimum Gasteiger partial charge on any atom is -0.481 e. The fraction of sp³-hybridized carbons (Fsp3) is 0.500. The third kappa shape index (κ3) is 3.78. The van der Waals surface area contributed by atoms with E-state index in [4.69, 9.17) is 10.8 Å². The third-order valence-corrected chi connectivity index (χ3v) is 2.49. The maximum Gasteiger partial charge on any atom is 0.315 e. The zero-order chi connectivity index (χ0) is 13.0.